The summed E-state index contributed by atoms with van der Waals surface area (Å²) >= 11 is 0. The molecule has 0 unspecified atom stereocenters. The van der Waals surface area contributed by atoms with E-state index in [1.807, 2.05) is 31.2 Å². The summed E-state index contributed by atoms with van der Waals surface area (Å²) in [6, 6.07) is 9.61. The average molecular weight is 312 g/mol. The summed E-state index contributed by atoms with van der Waals surface area (Å²) in [6.07, 6.45) is 2.36. The van der Waals surface area contributed by atoms with Crippen LogP contribution in [-0.4, -0.2) is 28.6 Å². The highest BCUT2D eigenvalue weighted by Crippen LogP contribution is 2.26. The van der Waals surface area contributed by atoms with Crippen molar-refractivity contribution in [3.05, 3.63) is 41.7 Å². The number of hydrogen-bond acceptors (Lipinski definition) is 6. The first kappa shape index (κ1) is 15.3. The average Bonchev–Trinajstić information content (AvgIpc) is 3.31. The number of hydrogen-bond donors (Lipinski definition) is 2. The van der Waals surface area contributed by atoms with Crippen LogP contribution in [0.3, 0.4) is 0 Å². The number of nitrogens with zero attached hydrogens (tertiary/aromatic N) is 2. The lowest BCUT2D eigenvalue weighted by molar-refractivity contribution is 0.0527. The number of benzene rings is 1. The minimum atomic E-state index is -0.349. The second-order valence-corrected chi connectivity index (χ2v) is 5.50. The van der Waals surface area contributed by atoms with Crippen LogP contribution in [0, 0.1) is 6.92 Å². The predicted molar refractivity (Wildman–Crippen MR) is 89.1 cm³/mol. The SMILES string of the molecule is CCOC(=O)c1ccccc1Nc1cc(NC2CC2)nc(C)n1. The summed E-state index contributed by atoms with van der Waals surface area (Å²) in [5.41, 5.74) is 1.16. The van der Waals surface area contributed by atoms with Crippen LogP contribution in [0.25, 0.3) is 0 Å². The summed E-state index contributed by atoms with van der Waals surface area (Å²) in [4.78, 5) is 20.8. The van der Waals surface area contributed by atoms with Crippen molar-refractivity contribution in [1.82, 2.24) is 9.97 Å². The van der Waals surface area contributed by atoms with Crippen molar-refractivity contribution in [2.45, 2.75) is 32.7 Å². The van der Waals surface area contributed by atoms with Gasteiger partial charge in [0.15, 0.2) is 0 Å². The first-order valence-corrected chi connectivity index (χ1v) is 7.81. The molecule has 1 aliphatic carbocycles. The van der Waals surface area contributed by atoms with Crippen molar-refractivity contribution < 1.29 is 9.53 Å². The zero-order chi connectivity index (χ0) is 16.2. The van der Waals surface area contributed by atoms with E-state index in [0.29, 0.717) is 35.5 Å². The number of carbonyl (C=O) groups is 1. The van der Waals surface area contributed by atoms with Gasteiger partial charge < -0.3 is 15.4 Å². The molecule has 1 saturated carbocycles. The van der Waals surface area contributed by atoms with Crippen molar-refractivity contribution in [2.24, 2.45) is 0 Å². The van der Waals surface area contributed by atoms with Crippen molar-refractivity contribution >= 4 is 23.3 Å². The Morgan fingerprint density at radius 2 is 2.00 bits per heavy atom. The molecule has 0 atom stereocenters. The van der Waals surface area contributed by atoms with Crippen molar-refractivity contribution in [3.8, 4) is 0 Å². The molecule has 1 aromatic heterocycles. The van der Waals surface area contributed by atoms with Gasteiger partial charge in [0.05, 0.1) is 17.9 Å². The highest BCUT2D eigenvalue weighted by atomic mass is 16.5. The molecule has 2 aromatic rings. The van der Waals surface area contributed by atoms with Gasteiger partial charge in [-0.3, -0.25) is 0 Å². The van der Waals surface area contributed by atoms with Crippen LogP contribution in [-0.2, 0) is 4.74 Å². The third-order valence-electron chi connectivity index (χ3n) is 3.45. The molecule has 6 nitrogen and oxygen atoms in total. The van der Waals surface area contributed by atoms with E-state index in [4.69, 9.17) is 4.74 Å². The minimum Gasteiger partial charge on any atom is -0.462 e. The maximum atomic E-state index is 12.0. The van der Waals surface area contributed by atoms with Crippen LogP contribution in [0.1, 0.15) is 35.9 Å². The molecular formula is C17H20N4O2. The molecule has 1 aliphatic rings. The zero-order valence-corrected chi connectivity index (χ0v) is 13.3. The van der Waals surface area contributed by atoms with E-state index in [0.717, 1.165) is 5.82 Å². The molecule has 0 radical (unpaired) electrons. The fraction of sp³-hybridized carbons (Fsp3) is 0.353. The molecule has 6 heteroatoms. The summed E-state index contributed by atoms with van der Waals surface area (Å²) in [6.45, 7) is 3.98. The summed E-state index contributed by atoms with van der Waals surface area (Å²) in [7, 11) is 0. The molecule has 0 amide bonds. The van der Waals surface area contributed by atoms with Gasteiger partial charge in [-0.1, -0.05) is 12.1 Å². The van der Waals surface area contributed by atoms with Crippen LogP contribution >= 0.6 is 0 Å². The van der Waals surface area contributed by atoms with Gasteiger partial charge in [-0.05, 0) is 38.8 Å². The third-order valence-corrected chi connectivity index (χ3v) is 3.45. The molecule has 0 saturated heterocycles. The molecular weight excluding hydrogens is 292 g/mol. The van der Waals surface area contributed by atoms with E-state index >= 15 is 0 Å². The van der Waals surface area contributed by atoms with Gasteiger partial charge in [-0.15, -0.1) is 0 Å². The summed E-state index contributed by atoms with van der Waals surface area (Å²) in [5, 5.41) is 6.55. The number of aryl methyl sites for hydroxylation is 1. The van der Waals surface area contributed by atoms with Crippen molar-refractivity contribution in [1.29, 1.82) is 0 Å². The number of aromatic nitrogens is 2. The topological polar surface area (TPSA) is 76.1 Å². The molecule has 2 N–H and O–H groups in total. The van der Waals surface area contributed by atoms with Gasteiger partial charge >= 0.3 is 5.97 Å². The Morgan fingerprint density at radius 1 is 1.26 bits per heavy atom. The van der Waals surface area contributed by atoms with Gasteiger partial charge in [0.1, 0.15) is 17.5 Å². The number of nitrogens with one attached hydrogen (secondary N) is 2. The van der Waals surface area contributed by atoms with E-state index < -0.39 is 0 Å². The molecule has 0 bridgehead atoms. The smallest absolute Gasteiger partial charge is 0.340 e. The number of ether oxygens (including phenoxy) is 1. The van der Waals surface area contributed by atoms with Gasteiger partial charge in [0.2, 0.25) is 0 Å². The normalized spacial score (nSPS) is 13.5. The lowest BCUT2D eigenvalue weighted by atomic mass is 10.2. The Hall–Kier alpha value is -2.63. The molecule has 0 aliphatic heterocycles. The molecule has 1 fully saturated rings. The lowest BCUT2D eigenvalue weighted by Crippen LogP contribution is -2.09. The van der Waals surface area contributed by atoms with Crippen molar-refractivity contribution in [2.75, 3.05) is 17.2 Å². The monoisotopic (exact) mass is 312 g/mol. The molecule has 1 heterocycles. The Morgan fingerprint density at radius 3 is 2.74 bits per heavy atom. The maximum absolute atomic E-state index is 12.0. The number of esters is 1. The van der Waals surface area contributed by atoms with Gasteiger partial charge in [-0.2, -0.15) is 0 Å². The standard InChI is InChI=1S/C17H20N4O2/c1-3-23-17(22)13-6-4-5-7-14(13)21-16-10-15(18-11(2)19-16)20-12-8-9-12/h4-7,10,12H,3,8-9H2,1-2H3,(H2,18,19,20,21). The highest BCUT2D eigenvalue weighted by Gasteiger charge is 2.21. The van der Waals surface area contributed by atoms with E-state index in [2.05, 4.69) is 20.6 Å². The Kier molecular flexibility index (Phi) is 4.41. The Bertz CT molecular complexity index is 713. The van der Waals surface area contributed by atoms with E-state index in [1.54, 1.807) is 13.0 Å². The van der Waals surface area contributed by atoms with Crippen LogP contribution in [0.5, 0.6) is 0 Å². The van der Waals surface area contributed by atoms with E-state index in [-0.39, 0.29) is 5.97 Å². The Labute approximate surface area is 135 Å². The van der Waals surface area contributed by atoms with E-state index in [9.17, 15) is 4.79 Å². The van der Waals surface area contributed by atoms with Gasteiger partial charge in [0, 0.05) is 12.1 Å². The Balaban J connectivity index is 1.84. The molecule has 3 rings (SSSR count). The molecule has 0 spiro atoms. The van der Waals surface area contributed by atoms with Crippen molar-refractivity contribution in [3.63, 3.8) is 0 Å². The first-order chi connectivity index (χ1) is 11.2. The van der Waals surface area contributed by atoms with Crippen LogP contribution in [0.4, 0.5) is 17.3 Å². The number of anilines is 3. The van der Waals surface area contributed by atoms with Gasteiger partial charge in [-0.25, -0.2) is 14.8 Å². The fourth-order valence-corrected chi connectivity index (χ4v) is 2.26. The van der Waals surface area contributed by atoms with Crippen LogP contribution in [0.2, 0.25) is 0 Å². The number of carbonyl (C=O) groups excluding carboxylic acids is 1. The van der Waals surface area contributed by atoms with Gasteiger partial charge in [0.25, 0.3) is 0 Å². The predicted octanol–water partition coefficient (Wildman–Crippen LogP) is 3.28. The van der Waals surface area contributed by atoms with Crippen LogP contribution < -0.4 is 10.6 Å². The summed E-state index contributed by atoms with van der Waals surface area (Å²) < 4.78 is 5.09. The third kappa shape index (κ3) is 3.97. The summed E-state index contributed by atoms with van der Waals surface area (Å²) in [5.74, 6) is 1.78. The first-order valence-electron chi connectivity index (χ1n) is 7.81. The highest BCUT2D eigenvalue weighted by molar-refractivity contribution is 5.96. The molecule has 1 aromatic carbocycles. The second-order valence-electron chi connectivity index (χ2n) is 5.50. The molecule has 120 valence electrons. The zero-order valence-electron chi connectivity index (χ0n) is 13.3. The molecule has 23 heavy (non-hydrogen) atoms. The largest absolute Gasteiger partial charge is 0.462 e. The minimum absolute atomic E-state index is 0.342. The van der Waals surface area contributed by atoms with E-state index in [1.165, 1.54) is 12.8 Å². The second kappa shape index (κ2) is 6.64. The number of rotatable bonds is 6. The van der Waals surface area contributed by atoms with Crippen LogP contribution in [0.15, 0.2) is 30.3 Å². The lowest BCUT2D eigenvalue weighted by Gasteiger charge is -2.12. The maximum Gasteiger partial charge on any atom is 0.340 e. The fourth-order valence-electron chi connectivity index (χ4n) is 2.26. The number of para-hydroxylation sites is 1. The quantitative estimate of drug-likeness (QED) is 0.797.